The first-order valence-corrected chi connectivity index (χ1v) is 9.45. The van der Waals surface area contributed by atoms with E-state index in [1.165, 1.54) is 11.3 Å². The molecule has 3 rings (SSSR count). The molecule has 0 radical (unpaired) electrons. The lowest BCUT2D eigenvalue weighted by molar-refractivity contribution is 0.0201. The molecule has 130 valence electrons. The summed E-state index contributed by atoms with van der Waals surface area (Å²) < 4.78 is 6.95. The molecule has 1 amide bonds. The van der Waals surface area contributed by atoms with Crippen LogP contribution in [-0.4, -0.2) is 33.1 Å². The molecule has 0 aromatic carbocycles. The monoisotopic (exact) mass is 413 g/mol. The zero-order valence-electron chi connectivity index (χ0n) is 14.1. The molecule has 0 aliphatic carbocycles. The molecule has 6 nitrogen and oxygen atoms in total. The topological polar surface area (TPSA) is 75.3 Å². The van der Waals surface area contributed by atoms with Crippen LogP contribution in [0.15, 0.2) is 14.6 Å². The largest absolute Gasteiger partial charge is 0.444 e. The van der Waals surface area contributed by atoms with Crippen molar-refractivity contribution >= 4 is 43.6 Å². The van der Waals surface area contributed by atoms with E-state index in [4.69, 9.17) is 4.74 Å². The summed E-state index contributed by atoms with van der Waals surface area (Å²) in [6.45, 7) is 8.18. The number of nitrogens with one attached hydrogen (secondary N) is 1. The van der Waals surface area contributed by atoms with Crippen LogP contribution in [0.1, 0.15) is 46.0 Å². The number of hydrogen-bond donors (Lipinski definition) is 1. The number of carbonyl (C=O) groups excluding carboxylic acids is 1. The van der Waals surface area contributed by atoms with Gasteiger partial charge in [-0.1, -0.05) is 6.92 Å². The lowest BCUT2D eigenvalue weighted by atomic mass is 10.0. The van der Waals surface area contributed by atoms with Crippen LogP contribution >= 0.6 is 27.3 Å². The molecule has 2 aromatic rings. The highest BCUT2D eigenvalue weighted by molar-refractivity contribution is 9.11. The summed E-state index contributed by atoms with van der Waals surface area (Å²) >= 11 is 4.74. The third kappa shape index (κ3) is 3.35. The van der Waals surface area contributed by atoms with E-state index < -0.39 is 5.60 Å². The number of carbonyl (C=O) groups is 1. The van der Waals surface area contributed by atoms with Gasteiger partial charge >= 0.3 is 6.09 Å². The Kier molecular flexibility index (Phi) is 4.46. The van der Waals surface area contributed by atoms with E-state index in [1.54, 1.807) is 4.90 Å². The van der Waals surface area contributed by atoms with Crippen LogP contribution in [0.3, 0.4) is 0 Å². The molecule has 3 heterocycles. The minimum absolute atomic E-state index is 0.172. The number of fused-ring (bicyclic) bond motifs is 1. The number of likely N-dealkylation sites (tertiary alicyclic amines) is 1. The van der Waals surface area contributed by atoms with E-state index in [9.17, 15) is 9.59 Å². The predicted octanol–water partition coefficient (Wildman–Crippen LogP) is 4.07. The number of ether oxygens (including phenoxy) is 1. The number of aromatic amines is 1. The minimum atomic E-state index is -0.559. The first-order chi connectivity index (χ1) is 11.2. The van der Waals surface area contributed by atoms with Gasteiger partial charge < -0.3 is 9.72 Å². The fourth-order valence-corrected chi connectivity index (χ4v) is 4.38. The average Bonchev–Trinajstić information content (AvgIpc) is 2.99. The van der Waals surface area contributed by atoms with Crippen molar-refractivity contribution in [1.29, 1.82) is 0 Å². The van der Waals surface area contributed by atoms with E-state index in [0.29, 0.717) is 22.6 Å². The molecule has 1 fully saturated rings. The van der Waals surface area contributed by atoms with Crippen LogP contribution in [0.2, 0.25) is 0 Å². The number of halogens is 1. The highest BCUT2D eigenvalue weighted by Gasteiger charge is 2.39. The molecule has 1 aliphatic heterocycles. The maximum absolute atomic E-state index is 12.5. The van der Waals surface area contributed by atoms with E-state index in [2.05, 4.69) is 32.8 Å². The molecule has 1 saturated heterocycles. The van der Waals surface area contributed by atoms with Gasteiger partial charge in [-0.2, -0.15) is 0 Å². The number of thiophene rings is 1. The quantitative estimate of drug-likeness (QED) is 0.764. The van der Waals surface area contributed by atoms with Crippen LogP contribution in [-0.2, 0) is 4.74 Å². The minimum Gasteiger partial charge on any atom is -0.444 e. The Balaban J connectivity index is 1.99. The van der Waals surface area contributed by atoms with Gasteiger partial charge in [-0.3, -0.25) is 9.69 Å². The van der Waals surface area contributed by atoms with Gasteiger partial charge in [-0.15, -0.1) is 11.3 Å². The van der Waals surface area contributed by atoms with Crippen molar-refractivity contribution < 1.29 is 9.53 Å². The fourth-order valence-electron chi connectivity index (χ4n) is 2.96. The Hall–Kier alpha value is -1.41. The third-order valence-electron chi connectivity index (χ3n) is 3.98. The van der Waals surface area contributed by atoms with Gasteiger partial charge in [-0.25, -0.2) is 9.78 Å². The molecule has 2 aromatic heterocycles. The number of hydrogen-bond acceptors (Lipinski definition) is 5. The second-order valence-corrected chi connectivity index (χ2v) is 9.53. The number of nitrogens with zero attached hydrogens (tertiary/aromatic N) is 2. The van der Waals surface area contributed by atoms with Gasteiger partial charge in [0.2, 0.25) is 0 Å². The molecule has 2 atom stereocenters. The van der Waals surface area contributed by atoms with Crippen molar-refractivity contribution in [1.82, 2.24) is 14.9 Å². The molecular formula is C16H20BrN3O3S. The van der Waals surface area contributed by atoms with Crippen LogP contribution in [0.25, 0.3) is 10.2 Å². The normalized spacial score (nSPS) is 21.5. The van der Waals surface area contributed by atoms with Crippen molar-refractivity contribution in [2.45, 2.75) is 45.8 Å². The number of amides is 1. The van der Waals surface area contributed by atoms with E-state index in [0.717, 1.165) is 10.2 Å². The van der Waals surface area contributed by atoms with Crippen LogP contribution in [0, 0.1) is 5.92 Å². The summed E-state index contributed by atoms with van der Waals surface area (Å²) in [7, 11) is 0. The Morgan fingerprint density at radius 3 is 2.88 bits per heavy atom. The Morgan fingerprint density at radius 2 is 2.21 bits per heavy atom. The van der Waals surface area contributed by atoms with E-state index in [-0.39, 0.29) is 23.6 Å². The maximum Gasteiger partial charge on any atom is 0.410 e. The van der Waals surface area contributed by atoms with Crippen molar-refractivity contribution in [3.63, 3.8) is 0 Å². The van der Waals surface area contributed by atoms with Crippen molar-refractivity contribution in [2.24, 2.45) is 5.92 Å². The number of H-pyrrole nitrogens is 1. The van der Waals surface area contributed by atoms with Crippen molar-refractivity contribution in [3.8, 4) is 0 Å². The second-order valence-electron chi connectivity index (χ2n) is 7.10. The third-order valence-corrected chi connectivity index (χ3v) is 5.61. The standard InChI is InChI=1S/C16H20BrN3O3S/c1-8-5-6-20(15(22)23-16(2,3)4)11(8)13-18-9-7-10(17)24-12(9)14(21)19-13/h7-8,11H,5-6H2,1-4H3,(H,18,19,21)/t8-,11-/m0/s1. The zero-order valence-corrected chi connectivity index (χ0v) is 16.5. The lowest BCUT2D eigenvalue weighted by Gasteiger charge is -2.29. The summed E-state index contributed by atoms with van der Waals surface area (Å²) in [4.78, 5) is 34.0. The van der Waals surface area contributed by atoms with E-state index in [1.807, 2.05) is 26.8 Å². The SMILES string of the molecule is C[C@H]1CCN(C(=O)OC(C)(C)C)[C@@H]1c1nc2cc(Br)sc2c(=O)[nH]1. The summed E-state index contributed by atoms with van der Waals surface area (Å²) in [5, 5.41) is 0. The summed E-state index contributed by atoms with van der Waals surface area (Å²) in [5.74, 6) is 0.717. The molecule has 0 saturated carbocycles. The lowest BCUT2D eigenvalue weighted by Crippen LogP contribution is -2.38. The molecule has 24 heavy (non-hydrogen) atoms. The predicted molar refractivity (Wildman–Crippen MR) is 97.4 cm³/mol. The van der Waals surface area contributed by atoms with E-state index >= 15 is 0 Å². The van der Waals surface area contributed by atoms with Crippen LogP contribution < -0.4 is 5.56 Å². The molecular weight excluding hydrogens is 394 g/mol. The maximum atomic E-state index is 12.5. The number of rotatable bonds is 1. The molecule has 1 N–H and O–H groups in total. The average molecular weight is 414 g/mol. The fraction of sp³-hybridized carbons (Fsp3) is 0.562. The smallest absolute Gasteiger partial charge is 0.410 e. The number of aromatic nitrogens is 2. The first-order valence-electron chi connectivity index (χ1n) is 7.84. The highest BCUT2D eigenvalue weighted by atomic mass is 79.9. The summed E-state index contributed by atoms with van der Waals surface area (Å²) in [5.41, 5.74) is -0.0842. The van der Waals surface area contributed by atoms with Crippen LogP contribution in [0.5, 0.6) is 0 Å². The van der Waals surface area contributed by atoms with Crippen molar-refractivity contribution in [2.75, 3.05) is 6.54 Å². The van der Waals surface area contributed by atoms with Crippen molar-refractivity contribution in [3.05, 3.63) is 26.0 Å². The Morgan fingerprint density at radius 1 is 1.50 bits per heavy atom. The second kappa shape index (κ2) is 6.15. The molecule has 0 bridgehead atoms. The summed E-state index contributed by atoms with van der Waals surface area (Å²) in [6, 6.07) is 1.55. The van der Waals surface area contributed by atoms with Gasteiger partial charge in [-0.05, 0) is 55.1 Å². The van der Waals surface area contributed by atoms with Crippen LogP contribution in [0.4, 0.5) is 4.79 Å². The Labute approximate surface area is 152 Å². The molecule has 0 unspecified atom stereocenters. The molecule has 1 aliphatic rings. The van der Waals surface area contributed by atoms with Gasteiger partial charge in [0.05, 0.1) is 15.3 Å². The first kappa shape index (κ1) is 17.4. The Bertz CT molecular complexity index is 839. The molecule has 8 heteroatoms. The summed E-state index contributed by atoms with van der Waals surface area (Å²) in [6.07, 6.45) is 0.477. The zero-order chi connectivity index (χ0) is 17.6. The van der Waals surface area contributed by atoms with Gasteiger partial charge in [0.1, 0.15) is 16.1 Å². The van der Waals surface area contributed by atoms with Gasteiger partial charge in [0.15, 0.2) is 0 Å². The van der Waals surface area contributed by atoms with Gasteiger partial charge in [0, 0.05) is 6.54 Å². The highest BCUT2D eigenvalue weighted by Crippen LogP contribution is 2.37. The van der Waals surface area contributed by atoms with Gasteiger partial charge in [0.25, 0.3) is 5.56 Å². The molecule has 0 spiro atoms.